The number of hydrogen-bond acceptors (Lipinski definition) is 3. The average molecular weight is 323 g/mol. The Morgan fingerprint density at radius 1 is 1.35 bits per heavy atom. The number of hydrogen-bond donors (Lipinski definition) is 1. The zero-order valence-electron chi connectivity index (χ0n) is 12.4. The van der Waals surface area contributed by atoms with Crippen LogP contribution in [0.5, 0.6) is 0 Å². The first kappa shape index (κ1) is 17.2. The van der Waals surface area contributed by atoms with Gasteiger partial charge in [0, 0.05) is 0 Å². The van der Waals surface area contributed by atoms with Crippen LogP contribution in [-0.4, -0.2) is 24.3 Å². The molecule has 0 spiro atoms. The fourth-order valence-electron chi connectivity index (χ4n) is 1.70. The van der Waals surface area contributed by atoms with E-state index in [-0.39, 0.29) is 19.2 Å². The second kappa shape index (κ2) is 8.44. The molecule has 1 rings (SSSR count). The summed E-state index contributed by atoms with van der Waals surface area (Å²) in [6.07, 6.45) is 1.05. The molecule has 3 nitrogen and oxygen atoms in total. The van der Waals surface area contributed by atoms with Crippen LogP contribution < -0.4 is 0 Å². The molecule has 0 saturated carbocycles. The number of esters is 1. The minimum atomic E-state index is -0.516. The summed E-state index contributed by atoms with van der Waals surface area (Å²) in [4.78, 5) is 12.4. The molecular formula is C16H24CoO3. The summed E-state index contributed by atoms with van der Waals surface area (Å²) in [5.74, 6) is -0.235. The molecule has 1 unspecified atom stereocenters. The molecule has 0 aromatic heterocycles. The summed E-state index contributed by atoms with van der Waals surface area (Å²) in [7, 11) is 0. The first-order valence-electron chi connectivity index (χ1n) is 6.86. The van der Waals surface area contributed by atoms with Gasteiger partial charge in [-0.3, -0.25) is 0 Å². The summed E-state index contributed by atoms with van der Waals surface area (Å²) in [6, 6.07) is 10.4. The van der Waals surface area contributed by atoms with Crippen LogP contribution in [0.4, 0.5) is 0 Å². The van der Waals surface area contributed by atoms with Crippen LogP contribution in [0.1, 0.15) is 37.6 Å². The van der Waals surface area contributed by atoms with Crippen molar-refractivity contribution in [2.45, 2.75) is 37.4 Å². The van der Waals surface area contributed by atoms with E-state index in [1.807, 2.05) is 32.0 Å². The van der Waals surface area contributed by atoms with Crippen molar-refractivity contribution in [2.75, 3.05) is 13.2 Å². The van der Waals surface area contributed by atoms with Gasteiger partial charge in [0.25, 0.3) is 0 Å². The van der Waals surface area contributed by atoms with Crippen molar-refractivity contribution in [1.82, 2.24) is 0 Å². The van der Waals surface area contributed by atoms with E-state index >= 15 is 0 Å². The maximum absolute atomic E-state index is 11.9. The molecule has 0 aliphatic carbocycles. The molecule has 0 bridgehead atoms. The van der Waals surface area contributed by atoms with Crippen LogP contribution >= 0.6 is 0 Å². The Morgan fingerprint density at radius 3 is 2.55 bits per heavy atom. The van der Waals surface area contributed by atoms with Crippen LogP contribution in [0.3, 0.4) is 0 Å². The number of rotatable bonds is 8. The first-order chi connectivity index (χ1) is 9.51. The van der Waals surface area contributed by atoms with Crippen LogP contribution in [0.2, 0.25) is 5.36 Å². The van der Waals surface area contributed by atoms with Crippen molar-refractivity contribution >= 4 is 5.97 Å². The van der Waals surface area contributed by atoms with E-state index in [4.69, 9.17) is 9.84 Å². The number of aliphatic hydroxyl groups is 1. The van der Waals surface area contributed by atoms with E-state index in [2.05, 4.69) is 19.1 Å². The normalized spacial score (nSPS) is 13.2. The predicted molar refractivity (Wildman–Crippen MR) is 76.1 cm³/mol. The number of aliphatic hydroxyl groups excluding tert-OH is 1. The van der Waals surface area contributed by atoms with E-state index in [0.29, 0.717) is 4.85 Å². The van der Waals surface area contributed by atoms with Gasteiger partial charge in [0.15, 0.2) is 0 Å². The molecule has 0 saturated heterocycles. The van der Waals surface area contributed by atoms with Crippen LogP contribution in [0, 0.1) is 5.41 Å². The quantitative estimate of drug-likeness (QED) is 0.747. The molecule has 0 aliphatic rings. The maximum atomic E-state index is 11.9. The monoisotopic (exact) mass is 323 g/mol. The molecule has 1 aromatic rings. The van der Waals surface area contributed by atoms with Gasteiger partial charge in [0.2, 0.25) is 0 Å². The average Bonchev–Trinajstić information content (AvgIpc) is 2.46. The van der Waals surface area contributed by atoms with E-state index < -0.39 is 5.41 Å². The second-order valence-corrected chi connectivity index (χ2v) is 6.77. The van der Waals surface area contributed by atoms with Crippen LogP contribution in [-0.2, 0) is 24.2 Å². The van der Waals surface area contributed by atoms with Crippen molar-refractivity contribution in [3.63, 3.8) is 0 Å². The molecule has 1 atom stereocenters. The Balaban J connectivity index is 2.57. The molecule has 115 valence electrons. The molecule has 20 heavy (non-hydrogen) atoms. The fourth-order valence-corrected chi connectivity index (χ4v) is 3.38. The molecule has 0 amide bonds. The standard InChI is InChI=1S/C9H11.C7H13O3.Co/c1-2-6-9-7-4-3-5-8-9;1-7(2,3)6(9)10-5-4-8;/h3-8H,2H2,1H3;8H,1,4-5H2,2-3H3;. The van der Waals surface area contributed by atoms with Crippen LogP contribution in [0.15, 0.2) is 30.3 Å². The predicted octanol–water partition coefficient (Wildman–Crippen LogP) is 3.20. The summed E-state index contributed by atoms with van der Waals surface area (Å²) >= 11 is 1.27. The summed E-state index contributed by atoms with van der Waals surface area (Å²) in [5.41, 5.74) is 0.798. The van der Waals surface area contributed by atoms with Gasteiger partial charge >= 0.3 is 127 Å². The van der Waals surface area contributed by atoms with Crippen molar-refractivity contribution in [1.29, 1.82) is 0 Å². The van der Waals surface area contributed by atoms with Gasteiger partial charge < -0.3 is 0 Å². The molecule has 4 heteroatoms. The summed E-state index contributed by atoms with van der Waals surface area (Å²) in [5, 5.41) is 9.46. The summed E-state index contributed by atoms with van der Waals surface area (Å²) < 4.78 is 5.03. The number of ether oxygens (including phenoxy) is 1. The first-order valence-corrected chi connectivity index (χ1v) is 8.20. The van der Waals surface area contributed by atoms with E-state index in [9.17, 15) is 4.79 Å². The molecular weight excluding hydrogens is 299 g/mol. The third kappa shape index (κ3) is 5.27. The molecule has 0 radical (unpaired) electrons. The van der Waals surface area contributed by atoms with Gasteiger partial charge in [0.05, 0.1) is 0 Å². The van der Waals surface area contributed by atoms with Crippen molar-refractivity contribution in [2.24, 2.45) is 5.41 Å². The van der Waals surface area contributed by atoms with Crippen molar-refractivity contribution in [3.05, 3.63) is 35.9 Å². The van der Waals surface area contributed by atoms with Crippen molar-refractivity contribution in [3.8, 4) is 0 Å². The Morgan fingerprint density at radius 2 is 2.00 bits per heavy atom. The zero-order valence-corrected chi connectivity index (χ0v) is 13.4. The molecule has 1 aromatic carbocycles. The van der Waals surface area contributed by atoms with Gasteiger partial charge in [-0.1, -0.05) is 0 Å². The minimum absolute atomic E-state index is 0.0780. The van der Waals surface area contributed by atoms with Crippen LogP contribution in [0.25, 0.3) is 0 Å². The third-order valence-electron chi connectivity index (χ3n) is 2.89. The second-order valence-electron chi connectivity index (χ2n) is 5.25. The Hall–Kier alpha value is -0.844. The summed E-state index contributed by atoms with van der Waals surface area (Å²) in [6.45, 7) is 5.92. The van der Waals surface area contributed by atoms with Gasteiger partial charge in [0.1, 0.15) is 0 Å². The Kier molecular flexibility index (Phi) is 7.27. The fraction of sp³-hybridized carbons (Fsp3) is 0.562. The Labute approximate surface area is 127 Å². The van der Waals surface area contributed by atoms with E-state index in [1.165, 1.54) is 20.3 Å². The molecule has 0 fully saturated rings. The zero-order chi connectivity index (χ0) is 15.0. The van der Waals surface area contributed by atoms with Gasteiger partial charge in [-0.05, 0) is 0 Å². The number of carbonyl (C=O) groups excluding carboxylic acids is 1. The molecule has 0 aliphatic heterocycles. The van der Waals surface area contributed by atoms with Crippen molar-refractivity contribution < 1.29 is 29.3 Å². The molecule has 1 N–H and O–H groups in total. The third-order valence-corrected chi connectivity index (χ3v) is 5.31. The Bertz CT molecular complexity index is 403. The van der Waals surface area contributed by atoms with Gasteiger partial charge in [-0.25, -0.2) is 0 Å². The number of carbonyl (C=O) groups is 1. The van der Waals surface area contributed by atoms with Gasteiger partial charge in [-0.15, -0.1) is 0 Å². The van der Waals surface area contributed by atoms with E-state index in [0.717, 1.165) is 11.8 Å². The van der Waals surface area contributed by atoms with E-state index in [1.54, 1.807) is 0 Å². The molecule has 0 heterocycles. The SMILES string of the molecule is CC[CH]([Co][CH2]C(C)(C)C(=O)OCCO)c1ccccc1. The van der Waals surface area contributed by atoms with Gasteiger partial charge in [-0.2, -0.15) is 0 Å². The topological polar surface area (TPSA) is 46.5 Å². The number of benzene rings is 1.